The third-order valence-corrected chi connectivity index (χ3v) is 14.9. The molecule has 460 valence electrons. The summed E-state index contributed by atoms with van der Waals surface area (Å²) in [5.41, 5.74) is 0. The molecule has 3 aliphatic heterocycles. The van der Waals surface area contributed by atoms with Gasteiger partial charge in [-0.2, -0.15) is 0 Å². The molecule has 3 saturated heterocycles. The van der Waals surface area contributed by atoms with E-state index < -0.39 is 155 Å². The number of aliphatic hydroxyl groups is 11. The smallest absolute Gasteiger partial charge is 0.364 e. The molecule has 14 N–H and O–H groups in total. The first-order valence-corrected chi connectivity index (χ1v) is 29.2. The Labute approximate surface area is 466 Å². The van der Waals surface area contributed by atoms with Crippen molar-refractivity contribution in [3.63, 3.8) is 0 Å². The molecule has 79 heavy (non-hydrogen) atoms. The molecular weight excluding hydrogens is 1040 g/mol. The zero-order chi connectivity index (χ0) is 58.3. The Hall–Kier alpha value is -2.79. The van der Waals surface area contributed by atoms with Gasteiger partial charge in [0, 0.05) is 19.8 Å². The molecule has 3 fully saturated rings. The predicted molar refractivity (Wildman–Crippen MR) is 288 cm³/mol. The average molecular weight is 1140 g/mol. The van der Waals surface area contributed by atoms with Crippen LogP contribution in [0.15, 0.2) is 24.3 Å². The van der Waals surface area contributed by atoms with Gasteiger partial charge in [0.2, 0.25) is 11.8 Å². The quantitative estimate of drug-likeness (QED) is 0.0306. The first-order valence-electron chi connectivity index (χ1n) is 29.2. The molecule has 3 heterocycles. The van der Waals surface area contributed by atoms with Crippen molar-refractivity contribution < 1.29 is 104 Å². The Kier molecular flexibility index (Phi) is 34.7. The summed E-state index contributed by atoms with van der Waals surface area (Å²) in [7, 11) is 0. The molecular formula is C56H100N2O21. The van der Waals surface area contributed by atoms with Crippen LogP contribution in [0.5, 0.6) is 0 Å². The predicted octanol–water partition coefficient (Wildman–Crippen LogP) is 1.77. The van der Waals surface area contributed by atoms with Gasteiger partial charge in [-0.1, -0.05) is 134 Å². The van der Waals surface area contributed by atoms with E-state index in [1.807, 2.05) is 6.08 Å². The number of carboxylic acids is 1. The van der Waals surface area contributed by atoms with Gasteiger partial charge < -0.3 is 100 Å². The summed E-state index contributed by atoms with van der Waals surface area (Å²) >= 11 is 0. The molecule has 0 bridgehead atoms. The molecule has 0 aliphatic carbocycles. The Bertz CT molecular complexity index is 1730. The summed E-state index contributed by atoms with van der Waals surface area (Å²) < 4.78 is 34.6. The molecule has 0 aromatic heterocycles. The number of rotatable bonds is 41. The van der Waals surface area contributed by atoms with E-state index in [4.69, 9.17) is 28.4 Å². The van der Waals surface area contributed by atoms with Crippen molar-refractivity contribution in [3.8, 4) is 0 Å². The van der Waals surface area contributed by atoms with Crippen LogP contribution in [0.4, 0.5) is 0 Å². The van der Waals surface area contributed by atoms with E-state index >= 15 is 0 Å². The number of carbonyl (C=O) groups is 3. The summed E-state index contributed by atoms with van der Waals surface area (Å²) in [6.07, 6.45) is 2.67. The lowest BCUT2D eigenvalue weighted by Gasteiger charge is -2.50. The second kappa shape index (κ2) is 38.9. The number of carbonyl (C=O) groups excluding carboxylic acids is 2. The minimum absolute atomic E-state index is 0.194. The largest absolute Gasteiger partial charge is 0.477 e. The second-order valence-corrected chi connectivity index (χ2v) is 21.5. The fraction of sp³-hybridized carbons (Fsp3) is 0.875. The minimum Gasteiger partial charge on any atom is -0.477 e. The molecule has 3 rings (SSSR count). The van der Waals surface area contributed by atoms with Crippen LogP contribution < -0.4 is 10.6 Å². The van der Waals surface area contributed by atoms with Crippen LogP contribution in [-0.4, -0.2) is 215 Å². The van der Waals surface area contributed by atoms with Crippen LogP contribution in [0.1, 0.15) is 175 Å². The number of aliphatic carboxylic acids is 1. The fourth-order valence-corrected chi connectivity index (χ4v) is 10.1. The maximum Gasteiger partial charge on any atom is 0.364 e. The van der Waals surface area contributed by atoms with Gasteiger partial charge in [-0.15, -0.1) is 0 Å². The molecule has 23 nitrogen and oxygen atoms in total. The van der Waals surface area contributed by atoms with Gasteiger partial charge in [0.25, 0.3) is 5.79 Å². The third kappa shape index (κ3) is 23.8. The zero-order valence-electron chi connectivity index (χ0n) is 47.0. The topological polar surface area (TPSA) is 373 Å². The number of amides is 2. The van der Waals surface area contributed by atoms with E-state index in [1.54, 1.807) is 6.08 Å². The van der Waals surface area contributed by atoms with Crippen LogP contribution in [-0.2, 0) is 42.8 Å². The molecule has 23 heteroatoms. The summed E-state index contributed by atoms with van der Waals surface area (Å²) in [6, 6.07) is -2.61. The van der Waals surface area contributed by atoms with Gasteiger partial charge >= 0.3 is 5.97 Å². The van der Waals surface area contributed by atoms with Crippen LogP contribution in [0, 0.1) is 0 Å². The number of ether oxygens (including phenoxy) is 6. The Morgan fingerprint density at radius 1 is 0.658 bits per heavy atom. The van der Waals surface area contributed by atoms with Crippen molar-refractivity contribution in [1.29, 1.82) is 0 Å². The molecule has 0 saturated carbocycles. The number of carboxylic acid groups (broad SMARTS) is 1. The van der Waals surface area contributed by atoms with Crippen molar-refractivity contribution in [1.82, 2.24) is 10.6 Å². The number of unbranched alkanes of at least 4 members (excludes halogenated alkanes) is 19. The average Bonchev–Trinajstić information content (AvgIpc) is 3.50. The number of hydrogen-bond acceptors (Lipinski definition) is 20. The van der Waals surface area contributed by atoms with Gasteiger partial charge in [0.15, 0.2) is 12.6 Å². The highest BCUT2D eigenvalue weighted by Crippen LogP contribution is 2.38. The lowest BCUT2D eigenvalue weighted by Crippen LogP contribution is -2.70. The van der Waals surface area contributed by atoms with Gasteiger partial charge in [0.1, 0.15) is 67.1 Å². The maximum atomic E-state index is 13.3. The molecule has 0 spiro atoms. The summed E-state index contributed by atoms with van der Waals surface area (Å²) in [4.78, 5) is 38.3. The normalized spacial score (nSPS) is 31.0. The van der Waals surface area contributed by atoms with Crippen molar-refractivity contribution >= 4 is 17.8 Å². The van der Waals surface area contributed by atoms with Gasteiger partial charge in [-0.25, -0.2) is 4.79 Å². The highest BCUT2D eigenvalue weighted by molar-refractivity contribution is 5.77. The first kappa shape index (κ1) is 70.5. The van der Waals surface area contributed by atoms with E-state index in [2.05, 4.69) is 36.6 Å². The lowest BCUT2D eigenvalue weighted by molar-refractivity contribution is -0.386. The highest BCUT2D eigenvalue weighted by atomic mass is 16.8. The van der Waals surface area contributed by atoms with Crippen LogP contribution >= 0.6 is 0 Å². The molecule has 18 atom stereocenters. The summed E-state index contributed by atoms with van der Waals surface area (Å²) in [5, 5.41) is 135. The summed E-state index contributed by atoms with van der Waals surface area (Å²) in [5.74, 6) is -6.15. The number of allylic oxidation sites excluding steroid dienone is 3. The van der Waals surface area contributed by atoms with Gasteiger partial charge in [-0.3, -0.25) is 9.59 Å². The molecule has 0 radical (unpaired) electrons. The van der Waals surface area contributed by atoms with Crippen molar-refractivity contribution in [2.24, 2.45) is 0 Å². The van der Waals surface area contributed by atoms with Crippen molar-refractivity contribution in [3.05, 3.63) is 24.3 Å². The van der Waals surface area contributed by atoms with Crippen molar-refractivity contribution in [2.75, 3.05) is 26.4 Å². The number of aliphatic hydroxyl groups excluding tert-OH is 11. The first-order chi connectivity index (χ1) is 37.9. The maximum absolute atomic E-state index is 13.3. The standard InChI is InChI=1S/C56H100N2O21/c1-4-6-8-10-12-14-16-17-18-19-20-22-24-26-28-30-43(66)58-37(38(63)29-27-25-23-21-15-13-11-9-7-5-2)35-74-53-48(70)47(69)50(42(34-61)76-53)77-54-49(71)52(46(68)41(33-60)75-54)79-56(55(72)73)31-39(64)44(57-36(3)62)51(78-56)45(67)40(65)32-59/h14,16,27,29,37-42,44-54,59-61,63-65,67-71H,4-13,15,17-26,28,30-35H2,1-3H3,(H,57,62)(H,58,66)(H,72,73)/b16-14-,29-27+. The molecule has 3 aliphatic rings. The molecule has 18 unspecified atom stereocenters. The van der Waals surface area contributed by atoms with E-state index in [1.165, 1.54) is 57.8 Å². The van der Waals surface area contributed by atoms with Crippen LogP contribution in [0.25, 0.3) is 0 Å². The third-order valence-electron chi connectivity index (χ3n) is 14.9. The second-order valence-electron chi connectivity index (χ2n) is 21.5. The Morgan fingerprint density at radius 2 is 1.19 bits per heavy atom. The summed E-state index contributed by atoms with van der Waals surface area (Å²) in [6.45, 7) is 2.03. The van der Waals surface area contributed by atoms with Gasteiger partial charge in [-0.05, 0) is 44.9 Å². The van der Waals surface area contributed by atoms with E-state index in [9.17, 15) is 75.7 Å². The van der Waals surface area contributed by atoms with Crippen molar-refractivity contribution in [2.45, 2.75) is 285 Å². The zero-order valence-corrected chi connectivity index (χ0v) is 47.0. The van der Waals surface area contributed by atoms with Gasteiger partial charge in [0.05, 0.1) is 50.7 Å². The number of hydrogen-bond donors (Lipinski definition) is 14. The molecule has 0 aromatic rings. The lowest BCUT2D eigenvalue weighted by atomic mass is 9.88. The molecule has 0 aromatic carbocycles. The van der Waals surface area contributed by atoms with E-state index in [0.717, 1.165) is 77.6 Å². The monoisotopic (exact) mass is 1140 g/mol. The highest BCUT2D eigenvalue weighted by Gasteiger charge is 2.60. The van der Waals surface area contributed by atoms with E-state index in [0.29, 0.717) is 12.8 Å². The molecule has 2 amide bonds. The Balaban J connectivity index is 1.68. The number of nitrogens with one attached hydrogen (secondary N) is 2. The minimum atomic E-state index is -3.08. The van der Waals surface area contributed by atoms with Crippen LogP contribution in [0.3, 0.4) is 0 Å². The SMILES string of the molecule is CCCCCC/C=C\CCCCCCCCCC(=O)NC(COC1OC(CO)C(OC2OC(CO)C(O)C(OC3(C(=O)O)CC(O)C(NC(C)=O)C(C(O)C(O)CO)O3)C2O)C(O)C1O)C(O)/C=C/CCCCCCCCCC. The van der Waals surface area contributed by atoms with Crippen LogP contribution in [0.2, 0.25) is 0 Å². The van der Waals surface area contributed by atoms with E-state index in [-0.39, 0.29) is 12.3 Å². The fourth-order valence-electron chi connectivity index (χ4n) is 10.1. The Morgan fingerprint density at radius 3 is 1.73 bits per heavy atom.